The first-order valence-electron chi connectivity index (χ1n) is 4.91. The van der Waals surface area contributed by atoms with E-state index in [1.54, 1.807) is 6.92 Å². The number of nitrogens with two attached hydrogens (primary N) is 1. The van der Waals surface area contributed by atoms with Crippen LogP contribution in [0, 0.1) is 0 Å². The number of likely N-dealkylation sites (N-methyl/N-ethyl adjacent to an activating group) is 1. The summed E-state index contributed by atoms with van der Waals surface area (Å²) in [7, 11) is -3.72. The third-order valence-electron chi connectivity index (χ3n) is 1.94. The number of hydrogen-bond acceptors (Lipinski definition) is 3. The summed E-state index contributed by atoms with van der Waals surface area (Å²) in [5.41, 5.74) is 5.21. The second kappa shape index (κ2) is 6.50. The highest BCUT2D eigenvalue weighted by molar-refractivity contribution is 7.89. The highest BCUT2D eigenvalue weighted by Gasteiger charge is 2.28. The van der Waals surface area contributed by atoms with Crippen molar-refractivity contribution in [2.75, 3.05) is 18.8 Å². The van der Waals surface area contributed by atoms with Crippen LogP contribution in [0.3, 0.4) is 0 Å². The summed E-state index contributed by atoms with van der Waals surface area (Å²) in [5.74, 6) is -0.553. The van der Waals surface area contributed by atoms with Gasteiger partial charge in [-0.2, -0.15) is 17.5 Å². The number of rotatable bonds is 7. The van der Waals surface area contributed by atoms with Gasteiger partial charge in [0, 0.05) is 13.0 Å². The minimum Gasteiger partial charge on any atom is -0.392 e. The van der Waals surface area contributed by atoms with Gasteiger partial charge in [-0.3, -0.25) is 0 Å². The Labute approximate surface area is 104 Å². The van der Waals surface area contributed by atoms with Crippen molar-refractivity contribution in [3.63, 3.8) is 0 Å². The summed E-state index contributed by atoms with van der Waals surface area (Å²) < 4.78 is 59.9. The topological polar surface area (TPSA) is 63.4 Å². The minimum absolute atomic E-state index is 0.00811. The standard InChI is InChI=1S/C8H15F3N2O2S2/c1-2-13(6-7(12)16)17(14,15)5-3-4-8(9,10)11/h2-6H2,1H3,(H2,12,16). The number of alkyl halides is 3. The summed E-state index contributed by atoms with van der Waals surface area (Å²) in [6, 6.07) is 0. The van der Waals surface area contributed by atoms with Crippen LogP contribution in [0.5, 0.6) is 0 Å². The Bertz CT molecular complexity index is 354. The maximum absolute atomic E-state index is 11.9. The van der Waals surface area contributed by atoms with Crippen molar-refractivity contribution in [3.8, 4) is 0 Å². The SMILES string of the molecule is CCN(CC(N)=S)S(=O)(=O)CCCC(F)(F)F. The van der Waals surface area contributed by atoms with Gasteiger partial charge in [0.1, 0.15) is 0 Å². The molecule has 17 heavy (non-hydrogen) atoms. The van der Waals surface area contributed by atoms with Gasteiger partial charge in [-0.15, -0.1) is 0 Å². The smallest absolute Gasteiger partial charge is 0.389 e. The zero-order valence-corrected chi connectivity index (χ0v) is 11.0. The molecule has 0 aromatic carbocycles. The van der Waals surface area contributed by atoms with Crippen molar-refractivity contribution in [2.45, 2.75) is 25.9 Å². The number of thiocarbonyl (C=S) groups is 1. The summed E-state index contributed by atoms with van der Waals surface area (Å²) in [6.07, 6.45) is -5.91. The molecule has 0 amide bonds. The van der Waals surface area contributed by atoms with Gasteiger partial charge < -0.3 is 5.73 Å². The minimum atomic E-state index is -4.34. The summed E-state index contributed by atoms with van der Waals surface area (Å²) in [6.45, 7) is 1.56. The molecule has 0 aromatic heterocycles. The van der Waals surface area contributed by atoms with Crippen molar-refractivity contribution in [2.24, 2.45) is 5.73 Å². The highest BCUT2D eigenvalue weighted by atomic mass is 32.2. The van der Waals surface area contributed by atoms with Crippen LogP contribution in [0.2, 0.25) is 0 Å². The first-order valence-corrected chi connectivity index (χ1v) is 6.93. The molecule has 2 N–H and O–H groups in total. The van der Waals surface area contributed by atoms with E-state index in [0.29, 0.717) is 0 Å². The Kier molecular flexibility index (Phi) is 6.35. The lowest BCUT2D eigenvalue weighted by atomic mass is 10.3. The molecule has 0 atom stereocenters. The highest BCUT2D eigenvalue weighted by Crippen LogP contribution is 2.22. The van der Waals surface area contributed by atoms with Gasteiger partial charge in [-0.1, -0.05) is 19.1 Å². The Morgan fingerprint density at radius 1 is 1.41 bits per heavy atom. The van der Waals surface area contributed by atoms with Crippen LogP contribution >= 0.6 is 12.2 Å². The maximum Gasteiger partial charge on any atom is 0.389 e. The third-order valence-corrected chi connectivity index (χ3v) is 4.05. The number of halogens is 3. The number of nitrogens with zero attached hydrogens (tertiary/aromatic N) is 1. The molecular weight excluding hydrogens is 277 g/mol. The fourth-order valence-corrected chi connectivity index (χ4v) is 2.90. The van der Waals surface area contributed by atoms with Crippen LogP contribution < -0.4 is 5.73 Å². The normalized spacial score (nSPS) is 13.0. The van der Waals surface area contributed by atoms with Crippen LogP contribution in [0.15, 0.2) is 0 Å². The molecular formula is C8H15F3N2O2S2. The van der Waals surface area contributed by atoms with Gasteiger partial charge in [0.25, 0.3) is 0 Å². The molecule has 0 aliphatic heterocycles. The van der Waals surface area contributed by atoms with E-state index >= 15 is 0 Å². The van der Waals surface area contributed by atoms with E-state index in [1.807, 2.05) is 0 Å². The summed E-state index contributed by atoms with van der Waals surface area (Å²) in [4.78, 5) is -0.00811. The lowest BCUT2D eigenvalue weighted by molar-refractivity contribution is -0.134. The van der Waals surface area contributed by atoms with Crippen LogP contribution in [-0.2, 0) is 10.0 Å². The van der Waals surface area contributed by atoms with Crippen molar-refractivity contribution < 1.29 is 21.6 Å². The molecule has 9 heteroatoms. The average Bonchev–Trinajstić information content (AvgIpc) is 2.10. The van der Waals surface area contributed by atoms with E-state index < -0.39 is 34.8 Å². The molecule has 0 radical (unpaired) electrons. The van der Waals surface area contributed by atoms with Crippen LogP contribution in [-0.4, -0.2) is 42.7 Å². The largest absolute Gasteiger partial charge is 0.392 e. The molecule has 0 heterocycles. The van der Waals surface area contributed by atoms with Gasteiger partial charge in [-0.25, -0.2) is 8.42 Å². The van der Waals surface area contributed by atoms with Gasteiger partial charge in [0.15, 0.2) is 0 Å². The molecule has 0 saturated carbocycles. The Morgan fingerprint density at radius 2 is 1.94 bits per heavy atom. The van der Waals surface area contributed by atoms with E-state index in [9.17, 15) is 21.6 Å². The first-order chi connectivity index (χ1) is 7.58. The molecule has 0 fully saturated rings. The van der Waals surface area contributed by atoms with E-state index in [0.717, 1.165) is 4.31 Å². The second-order valence-corrected chi connectivity index (χ2v) is 6.04. The molecule has 0 aliphatic carbocycles. The fraction of sp³-hybridized carbons (Fsp3) is 0.875. The zero-order valence-electron chi connectivity index (χ0n) is 9.33. The number of sulfonamides is 1. The fourth-order valence-electron chi connectivity index (χ4n) is 1.16. The summed E-state index contributed by atoms with van der Waals surface area (Å²) >= 11 is 4.57. The van der Waals surface area contributed by atoms with Crippen LogP contribution in [0.25, 0.3) is 0 Å². The Morgan fingerprint density at radius 3 is 2.29 bits per heavy atom. The first kappa shape index (κ1) is 16.6. The lowest BCUT2D eigenvalue weighted by Gasteiger charge is -2.19. The van der Waals surface area contributed by atoms with Crippen molar-refractivity contribution in [1.82, 2.24) is 4.31 Å². The van der Waals surface area contributed by atoms with Crippen LogP contribution in [0.4, 0.5) is 13.2 Å². The number of hydrogen-bond donors (Lipinski definition) is 1. The molecule has 102 valence electrons. The van der Waals surface area contributed by atoms with E-state index in [2.05, 4.69) is 12.2 Å². The Balaban J connectivity index is 4.40. The Hall–Kier alpha value is -0.410. The maximum atomic E-state index is 11.9. The molecule has 0 spiro atoms. The third kappa shape index (κ3) is 7.50. The van der Waals surface area contributed by atoms with Crippen LogP contribution in [0.1, 0.15) is 19.8 Å². The lowest BCUT2D eigenvalue weighted by Crippen LogP contribution is -2.39. The molecule has 0 aromatic rings. The monoisotopic (exact) mass is 292 g/mol. The molecule has 0 unspecified atom stereocenters. The van der Waals surface area contributed by atoms with Gasteiger partial charge in [-0.05, 0) is 6.42 Å². The second-order valence-electron chi connectivity index (χ2n) is 3.43. The summed E-state index contributed by atoms with van der Waals surface area (Å²) in [5, 5.41) is 0. The quantitative estimate of drug-likeness (QED) is 0.718. The zero-order chi connectivity index (χ0) is 13.7. The molecule has 0 rings (SSSR count). The van der Waals surface area contributed by atoms with Crippen molar-refractivity contribution in [1.29, 1.82) is 0 Å². The van der Waals surface area contributed by atoms with Crippen molar-refractivity contribution >= 4 is 27.2 Å². The molecule has 0 saturated heterocycles. The van der Waals surface area contributed by atoms with E-state index in [-0.39, 0.29) is 18.1 Å². The van der Waals surface area contributed by atoms with E-state index in [1.165, 1.54) is 0 Å². The molecule has 0 bridgehead atoms. The predicted octanol–water partition coefficient (Wildman–Crippen LogP) is 1.27. The average molecular weight is 292 g/mol. The van der Waals surface area contributed by atoms with Gasteiger partial charge in [0.2, 0.25) is 10.0 Å². The van der Waals surface area contributed by atoms with Crippen molar-refractivity contribution in [3.05, 3.63) is 0 Å². The molecule has 4 nitrogen and oxygen atoms in total. The van der Waals surface area contributed by atoms with Gasteiger partial charge in [0.05, 0.1) is 17.3 Å². The predicted molar refractivity (Wildman–Crippen MR) is 63.1 cm³/mol. The molecule has 0 aliphatic rings. The van der Waals surface area contributed by atoms with E-state index in [4.69, 9.17) is 5.73 Å². The van der Waals surface area contributed by atoms with Gasteiger partial charge >= 0.3 is 6.18 Å².